The van der Waals surface area contributed by atoms with Crippen LogP contribution in [0.5, 0.6) is 5.75 Å². The normalized spacial score (nSPS) is 11.5. The third-order valence-corrected chi connectivity index (χ3v) is 5.76. The summed E-state index contributed by atoms with van der Waals surface area (Å²) in [5.41, 5.74) is 0.747. The molecule has 0 bridgehead atoms. The van der Waals surface area contributed by atoms with E-state index in [1.54, 1.807) is 24.3 Å². The van der Waals surface area contributed by atoms with Crippen molar-refractivity contribution in [3.8, 4) is 5.75 Å². The Morgan fingerprint density at radius 2 is 1.33 bits per heavy atom. The molecule has 0 spiro atoms. The SMILES string of the molecule is O=C(Oc1c(Cl)cccc1Cl)c1ccc(CC(NC(=O)c2c(Cl)cccc2Cl)C(=O)O)cc1. The van der Waals surface area contributed by atoms with Gasteiger partial charge in [0.25, 0.3) is 5.91 Å². The van der Waals surface area contributed by atoms with Crippen LogP contribution in [0, 0.1) is 0 Å². The molecule has 1 amide bonds. The first-order chi connectivity index (χ1) is 15.7. The van der Waals surface area contributed by atoms with E-state index in [4.69, 9.17) is 51.1 Å². The number of carbonyl (C=O) groups is 3. The summed E-state index contributed by atoms with van der Waals surface area (Å²) in [5.74, 6) is -2.60. The zero-order valence-electron chi connectivity index (χ0n) is 16.7. The lowest BCUT2D eigenvalue weighted by molar-refractivity contribution is -0.139. The Morgan fingerprint density at radius 3 is 1.85 bits per heavy atom. The number of ether oxygens (including phenoxy) is 1. The number of benzene rings is 3. The van der Waals surface area contributed by atoms with E-state index in [0.717, 1.165) is 0 Å². The number of carboxylic acids is 1. The number of para-hydroxylation sites is 1. The summed E-state index contributed by atoms with van der Waals surface area (Å²) in [7, 11) is 0. The van der Waals surface area contributed by atoms with Crippen molar-refractivity contribution in [2.75, 3.05) is 0 Å². The van der Waals surface area contributed by atoms with E-state index in [-0.39, 0.29) is 43.4 Å². The summed E-state index contributed by atoms with van der Waals surface area (Å²) >= 11 is 24.1. The number of rotatable bonds is 7. The van der Waals surface area contributed by atoms with Crippen LogP contribution in [0.3, 0.4) is 0 Å². The molecule has 1 unspecified atom stereocenters. The van der Waals surface area contributed by atoms with Gasteiger partial charge in [0.1, 0.15) is 6.04 Å². The fourth-order valence-corrected chi connectivity index (χ4v) is 3.93. The van der Waals surface area contributed by atoms with E-state index in [9.17, 15) is 19.5 Å². The predicted molar refractivity (Wildman–Crippen MR) is 127 cm³/mol. The quantitative estimate of drug-likeness (QED) is 0.293. The van der Waals surface area contributed by atoms with Crippen molar-refractivity contribution in [2.45, 2.75) is 12.5 Å². The molecule has 0 heterocycles. The Bertz CT molecular complexity index is 1170. The summed E-state index contributed by atoms with van der Waals surface area (Å²) in [4.78, 5) is 36.7. The molecule has 10 heteroatoms. The molecular weight excluding hydrogens is 512 g/mol. The number of halogens is 4. The van der Waals surface area contributed by atoms with Crippen LogP contribution in [0.1, 0.15) is 26.3 Å². The topological polar surface area (TPSA) is 92.7 Å². The molecule has 6 nitrogen and oxygen atoms in total. The second kappa shape index (κ2) is 10.9. The average Bonchev–Trinajstić information content (AvgIpc) is 2.76. The fourth-order valence-electron chi connectivity index (χ4n) is 2.89. The first-order valence-electron chi connectivity index (χ1n) is 9.40. The lowest BCUT2D eigenvalue weighted by Crippen LogP contribution is -2.42. The summed E-state index contributed by atoms with van der Waals surface area (Å²) in [6.45, 7) is 0. The molecule has 0 aliphatic rings. The van der Waals surface area contributed by atoms with Crippen molar-refractivity contribution >= 4 is 64.2 Å². The van der Waals surface area contributed by atoms with E-state index in [1.807, 2.05) is 0 Å². The highest BCUT2D eigenvalue weighted by molar-refractivity contribution is 6.39. The van der Waals surface area contributed by atoms with Crippen LogP contribution in [0.4, 0.5) is 0 Å². The molecular formula is C23H15Cl4NO5. The zero-order chi connectivity index (χ0) is 24.1. The maximum absolute atomic E-state index is 12.5. The van der Waals surface area contributed by atoms with Gasteiger partial charge in [0.15, 0.2) is 5.75 Å². The van der Waals surface area contributed by atoms with Crippen molar-refractivity contribution in [2.24, 2.45) is 0 Å². The number of hydrogen-bond acceptors (Lipinski definition) is 4. The standard InChI is InChI=1S/C23H15Cl4NO5/c24-14-3-1-4-15(25)19(14)21(29)28-18(22(30)31)11-12-7-9-13(10-8-12)23(32)33-20-16(26)5-2-6-17(20)27/h1-10,18H,11H2,(H,28,29)(H,30,31). The van der Waals surface area contributed by atoms with Crippen LogP contribution >= 0.6 is 46.4 Å². The monoisotopic (exact) mass is 525 g/mol. The Hall–Kier alpha value is -2.77. The number of esters is 1. The van der Waals surface area contributed by atoms with E-state index >= 15 is 0 Å². The minimum Gasteiger partial charge on any atom is -0.480 e. The number of amides is 1. The average molecular weight is 527 g/mol. The van der Waals surface area contributed by atoms with E-state index in [1.165, 1.54) is 36.4 Å². The third-order valence-electron chi connectivity index (χ3n) is 4.54. The molecule has 2 N–H and O–H groups in total. The molecule has 3 aromatic rings. The molecule has 3 rings (SSSR count). The second-order valence-corrected chi connectivity index (χ2v) is 8.43. The van der Waals surface area contributed by atoms with Crippen molar-refractivity contribution in [3.63, 3.8) is 0 Å². The summed E-state index contributed by atoms with van der Waals surface area (Å²) in [5, 5.41) is 12.5. The van der Waals surface area contributed by atoms with Crippen LogP contribution in [-0.4, -0.2) is 29.0 Å². The molecule has 0 saturated heterocycles. The molecule has 0 radical (unpaired) electrons. The van der Waals surface area contributed by atoms with Crippen molar-refractivity contribution in [1.29, 1.82) is 0 Å². The fraction of sp³-hybridized carbons (Fsp3) is 0.0870. The number of carboxylic acid groups (broad SMARTS) is 1. The highest BCUT2D eigenvalue weighted by Crippen LogP contribution is 2.33. The number of hydrogen-bond donors (Lipinski definition) is 2. The minimum atomic E-state index is -1.26. The Kier molecular flexibility index (Phi) is 8.21. The lowest BCUT2D eigenvalue weighted by Gasteiger charge is -2.16. The summed E-state index contributed by atoms with van der Waals surface area (Å²) < 4.78 is 5.27. The Balaban J connectivity index is 1.71. The molecule has 0 aromatic heterocycles. The van der Waals surface area contributed by atoms with Gasteiger partial charge in [-0.25, -0.2) is 9.59 Å². The van der Waals surface area contributed by atoms with Crippen LogP contribution < -0.4 is 10.1 Å². The van der Waals surface area contributed by atoms with Gasteiger partial charge in [0.05, 0.1) is 31.2 Å². The Labute approximate surface area is 209 Å². The van der Waals surface area contributed by atoms with Gasteiger partial charge >= 0.3 is 11.9 Å². The predicted octanol–water partition coefficient (Wildman–Crippen LogP) is 5.95. The van der Waals surface area contributed by atoms with Gasteiger partial charge in [-0.2, -0.15) is 0 Å². The van der Waals surface area contributed by atoms with E-state index in [2.05, 4.69) is 5.32 Å². The molecule has 33 heavy (non-hydrogen) atoms. The first kappa shape index (κ1) is 24.9. The maximum Gasteiger partial charge on any atom is 0.343 e. The first-order valence-corrected chi connectivity index (χ1v) is 10.9. The summed E-state index contributed by atoms with van der Waals surface area (Å²) in [6, 6.07) is 14.0. The smallest absolute Gasteiger partial charge is 0.343 e. The molecule has 3 aromatic carbocycles. The summed E-state index contributed by atoms with van der Waals surface area (Å²) in [6.07, 6.45) is -0.0468. The maximum atomic E-state index is 12.5. The molecule has 0 aliphatic heterocycles. The van der Waals surface area contributed by atoms with E-state index < -0.39 is 23.9 Å². The van der Waals surface area contributed by atoms with Crippen molar-refractivity contribution < 1.29 is 24.2 Å². The van der Waals surface area contributed by atoms with Crippen molar-refractivity contribution in [1.82, 2.24) is 5.32 Å². The molecule has 0 aliphatic carbocycles. The van der Waals surface area contributed by atoms with Gasteiger partial charge in [-0.3, -0.25) is 4.79 Å². The highest BCUT2D eigenvalue weighted by Gasteiger charge is 2.24. The minimum absolute atomic E-state index is 0.0107. The van der Waals surface area contributed by atoms with Gasteiger partial charge in [0, 0.05) is 6.42 Å². The van der Waals surface area contributed by atoms with Gasteiger partial charge in [-0.15, -0.1) is 0 Å². The van der Waals surface area contributed by atoms with Gasteiger partial charge in [-0.05, 0) is 42.0 Å². The molecule has 170 valence electrons. The highest BCUT2D eigenvalue weighted by atomic mass is 35.5. The Morgan fingerprint density at radius 1 is 0.818 bits per heavy atom. The number of nitrogens with one attached hydrogen (secondary N) is 1. The molecule has 0 saturated carbocycles. The number of carbonyl (C=O) groups excluding carboxylic acids is 2. The van der Waals surface area contributed by atoms with E-state index in [0.29, 0.717) is 5.56 Å². The molecule has 1 atom stereocenters. The van der Waals surface area contributed by atoms with Gasteiger partial charge in [0.2, 0.25) is 0 Å². The number of aliphatic carboxylic acids is 1. The zero-order valence-corrected chi connectivity index (χ0v) is 19.7. The lowest BCUT2D eigenvalue weighted by atomic mass is 10.0. The van der Waals surface area contributed by atoms with Crippen LogP contribution in [0.25, 0.3) is 0 Å². The van der Waals surface area contributed by atoms with Crippen molar-refractivity contribution in [3.05, 3.63) is 97.4 Å². The van der Waals surface area contributed by atoms with Gasteiger partial charge < -0.3 is 15.2 Å². The largest absolute Gasteiger partial charge is 0.480 e. The molecule has 0 fully saturated rings. The van der Waals surface area contributed by atoms with Crippen LogP contribution in [0.2, 0.25) is 20.1 Å². The van der Waals surface area contributed by atoms with Crippen LogP contribution in [-0.2, 0) is 11.2 Å². The third kappa shape index (κ3) is 6.18. The van der Waals surface area contributed by atoms with Crippen LogP contribution in [0.15, 0.2) is 60.7 Å². The van der Waals surface area contributed by atoms with Gasteiger partial charge in [-0.1, -0.05) is 70.7 Å². The second-order valence-electron chi connectivity index (χ2n) is 6.80.